The van der Waals surface area contributed by atoms with Crippen molar-refractivity contribution < 1.29 is 0 Å². The fraction of sp³-hybridized carbons (Fsp3) is 0.538. The Bertz CT molecular complexity index is 557. The van der Waals surface area contributed by atoms with Crippen molar-refractivity contribution in [2.45, 2.75) is 32.9 Å². The Balaban J connectivity index is 2.31. The maximum Gasteiger partial charge on any atom is 0.0946 e. The van der Waals surface area contributed by atoms with Crippen LogP contribution in [0, 0.1) is 6.92 Å². The van der Waals surface area contributed by atoms with Crippen LogP contribution in [-0.4, -0.2) is 26.4 Å². The van der Waals surface area contributed by atoms with Crippen molar-refractivity contribution in [1.29, 1.82) is 0 Å². The van der Waals surface area contributed by atoms with Crippen molar-refractivity contribution in [1.82, 2.24) is 24.6 Å². The Hall–Kier alpha value is -1.33. The highest BCUT2D eigenvalue weighted by Gasteiger charge is 2.19. The van der Waals surface area contributed by atoms with E-state index in [1.165, 1.54) is 0 Å². The highest BCUT2D eigenvalue weighted by molar-refractivity contribution is 6.31. The minimum Gasteiger partial charge on any atom is -0.336 e. The predicted octanol–water partition coefficient (Wildman–Crippen LogP) is 2.10. The molecule has 0 bridgehead atoms. The van der Waals surface area contributed by atoms with E-state index < -0.39 is 0 Å². The first-order valence-electron chi connectivity index (χ1n) is 6.43. The van der Waals surface area contributed by atoms with Gasteiger partial charge in [0.05, 0.1) is 34.5 Å². The Morgan fingerprint density at radius 1 is 1.47 bits per heavy atom. The first kappa shape index (κ1) is 14.1. The Labute approximate surface area is 118 Å². The van der Waals surface area contributed by atoms with E-state index in [4.69, 9.17) is 11.6 Å². The van der Waals surface area contributed by atoms with Crippen LogP contribution < -0.4 is 5.32 Å². The van der Waals surface area contributed by atoms with Crippen LogP contribution in [0.3, 0.4) is 0 Å². The lowest BCUT2D eigenvalue weighted by Crippen LogP contribution is -2.22. The molecule has 0 saturated carbocycles. The average molecular weight is 282 g/mol. The number of imidazole rings is 1. The molecular formula is C13H20ClN5. The molecule has 0 amide bonds. The maximum atomic E-state index is 6.36. The average Bonchev–Trinajstić information content (AvgIpc) is 2.93. The summed E-state index contributed by atoms with van der Waals surface area (Å²) < 4.78 is 3.99. The van der Waals surface area contributed by atoms with Gasteiger partial charge in [-0.25, -0.2) is 4.98 Å². The van der Waals surface area contributed by atoms with E-state index in [9.17, 15) is 0 Å². The summed E-state index contributed by atoms with van der Waals surface area (Å²) >= 11 is 6.36. The molecule has 0 spiro atoms. The van der Waals surface area contributed by atoms with Crippen molar-refractivity contribution in [2.24, 2.45) is 7.05 Å². The molecule has 0 fully saturated rings. The van der Waals surface area contributed by atoms with E-state index in [0.717, 1.165) is 35.1 Å². The zero-order chi connectivity index (χ0) is 14.0. The third-order valence-corrected chi connectivity index (χ3v) is 3.90. The number of nitrogens with one attached hydrogen (secondary N) is 1. The van der Waals surface area contributed by atoms with Gasteiger partial charge in [0.1, 0.15) is 0 Å². The number of likely N-dealkylation sites (N-methyl/N-ethyl adjacent to an activating group) is 1. The van der Waals surface area contributed by atoms with Gasteiger partial charge in [0.25, 0.3) is 0 Å². The van der Waals surface area contributed by atoms with Crippen LogP contribution in [0.4, 0.5) is 0 Å². The van der Waals surface area contributed by atoms with Gasteiger partial charge in [0.15, 0.2) is 0 Å². The fourth-order valence-corrected chi connectivity index (χ4v) is 2.53. The molecule has 1 atom stereocenters. The van der Waals surface area contributed by atoms with E-state index in [1.54, 1.807) is 0 Å². The summed E-state index contributed by atoms with van der Waals surface area (Å²) in [5.74, 6) is 0. The molecule has 2 rings (SSSR count). The van der Waals surface area contributed by atoms with E-state index >= 15 is 0 Å². The van der Waals surface area contributed by atoms with Gasteiger partial charge in [0.2, 0.25) is 0 Å². The number of hydrogen-bond acceptors (Lipinski definition) is 3. The molecule has 0 aliphatic carbocycles. The van der Waals surface area contributed by atoms with Crippen LogP contribution in [0.5, 0.6) is 0 Å². The lowest BCUT2D eigenvalue weighted by molar-refractivity contribution is 0.519. The SMILES string of the molecule is CCn1nc(C)c(Cl)c1CC(NC)c1cncn1C. The van der Waals surface area contributed by atoms with Crippen LogP contribution in [0.25, 0.3) is 0 Å². The molecule has 2 heterocycles. The van der Waals surface area contributed by atoms with Crippen LogP contribution in [-0.2, 0) is 20.0 Å². The molecule has 1 unspecified atom stereocenters. The maximum absolute atomic E-state index is 6.36. The summed E-state index contributed by atoms with van der Waals surface area (Å²) in [4.78, 5) is 4.17. The second kappa shape index (κ2) is 5.75. The number of aromatic nitrogens is 4. The smallest absolute Gasteiger partial charge is 0.0946 e. The largest absolute Gasteiger partial charge is 0.336 e. The molecule has 0 aromatic carbocycles. The van der Waals surface area contributed by atoms with Crippen molar-refractivity contribution in [3.63, 3.8) is 0 Å². The van der Waals surface area contributed by atoms with Gasteiger partial charge in [-0.3, -0.25) is 4.68 Å². The summed E-state index contributed by atoms with van der Waals surface area (Å²) in [6.45, 7) is 4.84. The van der Waals surface area contributed by atoms with E-state index in [1.807, 2.05) is 42.8 Å². The first-order valence-corrected chi connectivity index (χ1v) is 6.81. The molecule has 0 radical (unpaired) electrons. The van der Waals surface area contributed by atoms with E-state index in [2.05, 4.69) is 22.3 Å². The topological polar surface area (TPSA) is 47.7 Å². The highest BCUT2D eigenvalue weighted by atomic mass is 35.5. The number of nitrogens with zero attached hydrogens (tertiary/aromatic N) is 4. The summed E-state index contributed by atoms with van der Waals surface area (Å²) in [6.07, 6.45) is 4.49. The first-order chi connectivity index (χ1) is 9.08. The highest BCUT2D eigenvalue weighted by Crippen LogP contribution is 2.25. The van der Waals surface area contributed by atoms with Crippen molar-refractivity contribution >= 4 is 11.6 Å². The second-order valence-electron chi connectivity index (χ2n) is 4.64. The molecular weight excluding hydrogens is 262 g/mol. The summed E-state index contributed by atoms with van der Waals surface area (Å²) in [5, 5.41) is 8.54. The molecule has 19 heavy (non-hydrogen) atoms. The number of hydrogen-bond donors (Lipinski definition) is 1. The van der Waals surface area contributed by atoms with Crippen LogP contribution in [0.1, 0.15) is 30.0 Å². The lowest BCUT2D eigenvalue weighted by atomic mass is 10.1. The number of halogens is 1. The third kappa shape index (κ3) is 2.67. The zero-order valence-corrected chi connectivity index (χ0v) is 12.6. The van der Waals surface area contributed by atoms with Gasteiger partial charge >= 0.3 is 0 Å². The summed E-state index contributed by atoms with van der Waals surface area (Å²) in [5.41, 5.74) is 3.10. The predicted molar refractivity (Wildman–Crippen MR) is 76.4 cm³/mol. The minimum absolute atomic E-state index is 0.173. The standard InChI is InChI=1S/C13H20ClN5/c1-5-19-11(13(14)9(2)17-19)6-10(15-3)12-7-16-8-18(12)4/h7-8,10,15H,5-6H2,1-4H3. The van der Waals surface area contributed by atoms with Gasteiger partial charge in [-0.2, -0.15) is 5.10 Å². The van der Waals surface area contributed by atoms with Gasteiger partial charge in [0, 0.05) is 26.2 Å². The minimum atomic E-state index is 0.173. The lowest BCUT2D eigenvalue weighted by Gasteiger charge is -2.17. The van der Waals surface area contributed by atoms with E-state index in [0.29, 0.717) is 0 Å². The summed E-state index contributed by atoms with van der Waals surface area (Å²) in [7, 11) is 3.95. The van der Waals surface area contributed by atoms with Gasteiger partial charge in [-0.05, 0) is 20.9 Å². The molecule has 2 aromatic heterocycles. The van der Waals surface area contributed by atoms with Gasteiger partial charge < -0.3 is 9.88 Å². The Morgan fingerprint density at radius 3 is 2.74 bits per heavy atom. The molecule has 6 heteroatoms. The molecule has 104 valence electrons. The Morgan fingerprint density at radius 2 is 2.21 bits per heavy atom. The Kier molecular flexibility index (Phi) is 4.27. The molecule has 0 saturated heterocycles. The normalized spacial score (nSPS) is 12.9. The monoisotopic (exact) mass is 281 g/mol. The van der Waals surface area contributed by atoms with Gasteiger partial charge in [-0.15, -0.1) is 0 Å². The molecule has 1 N–H and O–H groups in total. The van der Waals surface area contributed by atoms with Gasteiger partial charge in [-0.1, -0.05) is 11.6 Å². The second-order valence-corrected chi connectivity index (χ2v) is 5.01. The molecule has 0 aliphatic rings. The van der Waals surface area contributed by atoms with E-state index in [-0.39, 0.29) is 6.04 Å². The van der Waals surface area contributed by atoms with Crippen molar-refractivity contribution in [3.05, 3.63) is 34.6 Å². The fourth-order valence-electron chi connectivity index (χ4n) is 2.32. The van der Waals surface area contributed by atoms with Crippen LogP contribution >= 0.6 is 11.6 Å². The zero-order valence-electron chi connectivity index (χ0n) is 11.8. The third-order valence-electron chi connectivity index (χ3n) is 3.41. The molecule has 0 aliphatic heterocycles. The summed E-state index contributed by atoms with van der Waals surface area (Å²) in [6, 6.07) is 0.173. The van der Waals surface area contributed by atoms with Crippen molar-refractivity contribution in [2.75, 3.05) is 7.05 Å². The number of rotatable bonds is 5. The molecule has 2 aromatic rings. The quantitative estimate of drug-likeness (QED) is 0.913. The van der Waals surface area contributed by atoms with Crippen LogP contribution in [0.15, 0.2) is 12.5 Å². The van der Waals surface area contributed by atoms with Crippen LogP contribution in [0.2, 0.25) is 5.02 Å². The van der Waals surface area contributed by atoms with Crippen molar-refractivity contribution in [3.8, 4) is 0 Å². The number of aryl methyl sites for hydroxylation is 3. The molecule has 5 nitrogen and oxygen atoms in total.